The summed E-state index contributed by atoms with van der Waals surface area (Å²) in [5.74, 6) is -0.320. The highest BCUT2D eigenvalue weighted by atomic mass is 16.2. The lowest BCUT2D eigenvalue weighted by Gasteiger charge is -1.98. The van der Waals surface area contributed by atoms with E-state index < -0.39 is 0 Å². The van der Waals surface area contributed by atoms with Gasteiger partial charge in [-0.2, -0.15) is 5.10 Å². The third kappa shape index (κ3) is 3.25. The number of hydrazone groups is 1. The minimum atomic E-state index is -0.320. The molecule has 0 saturated carbocycles. The Morgan fingerprint density at radius 3 is 2.67 bits per heavy atom. The Kier molecular flexibility index (Phi) is 3.81. The Balaban J connectivity index is 1.96. The van der Waals surface area contributed by atoms with Crippen LogP contribution in [0.25, 0.3) is 0 Å². The number of nitrogens with one attached hydrogen (secondary N) is 1. The minimum absolute atomic E-state index is 0.320. The van der Waals surface area contributed by atoms with E-state index in [0.29, 0.717) is 5.69 Å². The van der Waals surface area contributed by atoms with Gasteiger partial charge in [0.05, 0.1) is 6.21 Å². The monoisotopic (exact) mass is 239 g/mol. The maximum absolute atomic E-state index is 11.6. The second kappa shape index (κ2) is 5.72. The number of benzene rings is 1. The molecule has 0 aliphatic heterocycles. The molecule has 0 saturated heterocycles. The second-order valence-electron chi connectivity index (χ2n) is 3.82. The topological polar surface area (TPSA) is 54.4 Å². The number of aryl methyl sites for hydroxylation is 1. The number of amides is 1. The molecule has 1 aromatic heterocycles. The Morgan fingerprint density at radius 2 is 2.00 bits per heavy atom. The molecule has 1 amide bonds. The summed E-state index contributed by atoms with van der Waals surface area (Å²) in [6.07, 6.45) is 3.17. The lowest BCUT2D eigenvalue weighted by atomic mass is 10.2. The lowest BCUT2D eigenvalue weighted by Crippen LogP contribution is -2.18. The smallest absolute Gasteiger partial charge is 0.266 e. The maximum Gasteiger partial charge on any atom is 0.289 e. The molecule has 0 radical (unpaired) electrons. The first-order valence-electron chi connectivity index (χ1n) is 5.57. The summed E-state index contributed by atoms with van der Waals surface area (Å²) < 4.78 is 0. The van der Waals surface area contributed by atoms with E-state index in [0.717, 1.165) is 5.56 Å². The van der Waals surface area contributed by atoms with Crippen molar-refractivity contribution in [3.8, 4) is 0 Å². The van der Waals surface area contributed by atoms with Gasteiger partial charge in [0.25, 0.3) is 5.91 Å². The molecular weight excluding hydrogens is 226 g/mol. The molecule has 18 heavy (non-hydrogen) atoms. The molecule has 4 nitrogen and oxygen atoms in total. The van der Waals surface area contributed by atoms with E-state index in [1.54, 1.807) is 30.6 Å². The number of nitrogens with zero attached hydrogens (tertiary/aromatic N) is 2. The molecule has 0 bridgehead atoms. The number of aromatic nitrogens is 1. The number of hydrogen-bond acceptors (Lipinski definition) is 3. The van der Waals surface area contributed by atoms with E-state index in [-0.39, 0.29) is 5.91 Å². The van der Waals surface area contributed by atoms with Gasteiger partial charge in [-0.1, -0.05) is 35.9 Å². The molecule has 1 N–H and O–H groups in total. The molecule has 0 fully saturated rings. The molecule has 0 aliphatic carbocycles. The summed E-state index contributed by atoms with van der Waals surface area (Å²) in [5.41, 5.74) is 4.89. The van der Waals surface area contributed by atoms with E-state index in [9.17, 15) is 4.79 Å². The number of pyridine rings is 1. The summed E-state index contributed by atoms with van der Waals surface area (Å²) in [7, 11) is 0. The van der Waals surface area contributed by atoms with Crippen LogP contribution in [0.1, 0.15) is 21.6 Å². The Morgan fingerprint density at radius 1 is 1.22 bits per heavy atom. The third-order valence-corrected chi connectivity index (χ3v) is 2.35. The fourth-order valence-electron chi connectivity index (χ4n) is 1.37. The average molecular weight is 239 g/mol. The first kappa shape index (κ1) is 12.0. The Bertz CT molecular complexity index is 547. The predicted octanol–water partition coefficient (Wildman–Crippen LogP) is 2.15. The van der Waals surface area contributed by atoms with E-state index in [1.807, 2.05) is 31.2 Å². The molecule has 2 aromatic rings. The van der Waals surface area contributed by atoms with Gasteiger partial charge < -0.3 is 0 Å². The summed E-state index contributed by atoms with van der Waals surface area (Å²) in [5, 5.41) is 3.88. The molecular formula is C14H13N3O. The minimum Gasteiger partial charge on any atom is -0.266 e. The van der Waals surface area contributed by atoms with E-state index in [1.165, 1.54) is 5.56 Å². The summed E-state index contributed by atoms with van der Waals surface area (Å²) in [6.45, 7) is 2.02. The Hall–Kier alpha value is -2.49. The molecule has 4 heteroatoms. The van der Waals surface area contributed by atoms with Crippen LogP contribution in [0.4, 0.5) is 0 Å². The van der Waals surface area contributed by atoms with Crippen LogP contribution in [-0.4, -0.2) is 17.1 Å². The molecule has 0 atom stereocenters. The number of hydrogen-bond donors (Lipinski definition) is 1. The van der Waals surface area contributed by atoms with Crippen molar-refractivity contribution in [3.05, 3.63) is 65.5 Å². The fraction of sp³-hybridized carbons (Fsp3) is 0.0714. The van der Waals surface area contributed by atoms with Gasteiger partial charge in [0.2, 0.25) is 0 Å². The maximum atomic E-state index is 11.6. The van der Waals surface area contributed by atoms with Gasteiger partial charge in [-0.05, 0) is 24.6 Å². The van der Waals surface area contributed by atoms with Crippen LogP contribution >= 0.6 is 0 Å². The Labute approximate surface area is 105 Å². The fourth-order valence-corrected chi connectivity index (χ4v) is 1.37. The largest absolute Gasteiger partial charge is 0.289 e. The van der Waals surface area contributed by atoms with Gasteiger partial charge in [0.15, 0.2) is 0 Å². The quantitative estimate of drug-likeness (QED) is 0.659. The van der Waals surface area contributed by atoms with Crippen LogP contribution in [0.2, 0.25) is 0 Å². The SMILES string of the molecule is Cc1ccc(/C=N\NC(=O)c2ccccn2)cc1. The van der Waals surface area contributed by atoms with Gasteiger partial charge >= 0.3 is 0 Å². The molecule has 0 unspecified atom stereocenters. The van der Waals surface area contributed by atoms with Crippen molar-refractivity contribution in [1.29, 1.82) is 0 Å². The van der Waals surface area contributed by atoms with E-state index in [4.69, 9.17) is 0 Å². The molecule has 0 aliphatic rings. The van der Waals surface area contributed by atoms with Gasteiger partial charge in [-0.25, -0.2) is 5.43 Å². The van der Waals surface area contributed by atoms with Crippen LogP contribution in [0, 0.1) is 6.92 Å². The van der Waals surface area contributed by atoms with Crippen LogP contribution in [0.3, 0.4) is 0 Å². The van der Waals surface area contributed by atoms with Crippen LogP contribution in [-0.2, 0) is 0 Å². The van der Waals surface area contributed by atoms with Crippen molar-refractivity contribution in [2.24, 2.45) is 5.10 Å². The second-order valence-corrected chi connectivity index (χ2v) is 3.82. The standard InChI is InChI=1S/C14H13N3O/c1-11-5-7-12(8-6-11)10-16-17-14(18)13-4-2-3-9-15-13/h2-10H,1H3,(H,17,18)/b16-10-. The number of carbonyl (C=O) groups is 1. The molecule has 1 heterocycles. The summed E-state index contributed by atoms with van der Waals surface area (Å²) >= 11 is 0. The molecule has 2 rings (SSSR count). The zero-order valence-corrected chi connectivity index (χ0v) is 10.00. The van der Waals surface area contributed by atoms with Crippen molar-refractivity contribution in [1.82, 2.24) is 10.4 Å². The zero-order chi connectivity index (χ0) is 12.8. The zero-order valence-electron chi connectivity index (χ0n) is 10.00. The van der Waals surface area contributed by atoms with Crippen molar-refractivity contribution in [2.45, 2.75) is 6.92 Å². The van der Waals surface area contributed by atoms with Crippen molar-refractivity contribution in [2.75, 3.05) is 0 Å². The highest BCUT2D eigenvalue weighted by molar-refractivity contribution is 5.93. The van der Waals surface area contributed by atoms with E-state index in [2.05, 4.69) is 15.5 Å². The molecule has 90 valence electrons. The number of rotatable bonds is 3. The third-order valence-electron chi connectivity index (χ3n) is 2.35. The summed E-state index contributed by atoms with van der Waals surface area (Å²) in [4.78, 5) is 15.5. The summed E-state index contributed by atoms with van der Waals surface area (Å²) in [6, 6.07) is 13.0. The average Bonchev–Trinajstić information content (AvgIpc) is 2.42. The van der Waals surface area contributed by atoms with Crippen LogP contribution in [0.15, 0.2) is 53.8 Å². The first-order valence-corrected chi connectivity index (χ1v) is 5.57. The number of carbonyl (C=O) groups excluding carboxylic acids is 1. The lowest BCUT2D eigenvalue weighted by molar-refractivity contribution is 0.0950. The highest BCUT2D eigenvalue weighted by Gasteiger charge is 2.03. The van der Waals surface area contributed by atoms with Crippen molar-refractivity contribution < 1.29 is 4.79 Å². The predicted molar refractivity (Wildman–Crippen MR) is 70.5 cm³/mol. The van der Waals surface area contributed by atoms with Crippen LogP contribution in [0.5, 0.6) is 0 Å². The molecule has 1 aromatic carbocycles. The van der Waals surface area contributed by atoms with Gasteiger partial charge in [-0.15, -0.1) is 0 Å². The van der Waals surface area contributed by atoms with Gasteiger partial charge in [-0.3, -0.25) is 9.78 Å². The van der Waals surface area contributed by atoms with Gasteiger partial charge in [0.1, 0.15) is 5.69 Å². The van der Waals surface area contributed by atoms with Crippen LogP contribution < -0.4 is 5.43 Å². The van der Waals surface area contributed by atoms with Gasteiger partial charge in [0, 0.05) is 6.20 Å². The highest BCUT2D eigenvalue weighted by Crippen LogP contribution is 2.00. The van der Waals surface area contributed by atoms with Crippen molar-refractivity contribution in [3.63, 3.8) is 0 Å². The normalized spacial score (nSPS) is 10.5. The van der Waals surface area contributed by atoms with Crippen molar-refractivity contribution >= 4 is 12.1 Å². The molecule has 0 spiro atoms. The first-order chi connectivity index (χ1) is 8.75. The van der Waals surface area contributed by atoms with E-state index >= 15 is 0 Å².